The first-order valence-electron chi connectivity index (χ1n) is 5.93. The Kier molecular flexibility index (Phi) is 5.55. The maximum Gasteiger partial charge on any atom is 0.270 e. The van der Waals surface area contributed by atoms with E-state index in [9.17, 15) is 4.79 Å². The third-order valence-electron chi connectivity index (χ3n) is 2.49. The van der Waals surface area contributed by atoms with Crippen LogP contribution in [0.5, 0.6) is 0 Å². The van der Waals surface area contributed by atoms with Crippen LogP contribution in [0.3, 0.4) is 0 Å². The Hall–Kier alpha value is -1.63. The van der Waals surface area contributed by atoms with Crippen LogP contribution in [0.25, 0.3) is 0 Å². The van der Waals surface area contributed by atoms with Gasteiger partial charge < -0.3 is 5.32 Å². The Labute approximate surface area is 141 Å². The monoisotopic (exact) mass is 383 g/mol. The van der Waals surface area contributed by atoms with Crippen LogP contribution in [0.15, 0.2) is 53.0 Å². The van der Waals surface area contributed by atoms with Crippen molar-refractivity contribution in [2.45, 2.75) is 0 Å². The first kappa shape index (κ1) is 15.8. The second-order valence-electron chi connectivity index (χ2n) is 4.02. The second kappa shape index (κ2) is 7.40. The third kappa shape index (κ3) is 4.70. The highest BCUT2D eigenvalue weighted by Crippen LogP contribution is 2.16. The van der Waals surface area contributed by atoms with E-state index < -0.39 is 0 Å². The lowest BCUT2D eigenvalue weighted by atomic mass is 10.2. The minimum atomic E-state index is -0.294. The highest BCUT2D eigenvalue weighted by molar-refractivity contribution is 9.10. The summed E-state index contributed by atoms with van der Waals surface area (Å²) in [4.78, 5) is 12.0. The summed E-state index contributed by atoms with van der Waals surface area (Å²) in [5.41, 5.74) is 6.39. The van der Waals surface area contributed by atoms with Crippen LogP contribution in [0, 0.1) is 0 Å². The van der Waals surface area contributed by atoms with E-state index in [-0.39, 0.29) is 11.0 Å². The Morgan fingerprint density at radius 3 is 2.57 bits per heavy atom. The average molecular weight is 385 g/mol. The Balaban J connectivity index is 1.90. The van der Waals surface area contributed by atoms with Gasteiger partial charge in [-0.3, -0.25) is 15.6 Å². The van der Waals surface area contributed by atoms with E-state index in [0.29, 0.717) is 15.1 Å². The quantitative estimate of drug-likeness (QED) is 0.545. The normalized spacial score (nSPS) is 9.81. The van der Waals surface area contributed by atoms with Crippen LogP contribution in [0.2, 0.25) is 5.02 Å². The van der Waals surface area contributed by atoms with E-state index in [4.69, 9.17) is 23.8 Å². The van der Waals surface area contributed by atoms with Gasteiger partial charge in [-0.25, -0.2) is 0 Å². The molecule has 0 saturated heterocycles. The number of halogens is 2. The Morgan fingerprint density at radius 2 is 1.86 bits per heavy atom. The summed E-state index contributed by atoms with van der Waals surface area (Å²) in [6, 6.07) is 14.2. The molecular formula is C14H11BrClN3OS. The molecule has 0 saturated carbocycles. The molecular weight excluding hydrogens is 374 g/mol. The van der Waals surface area contributed by atoms with Crippen molar-refractivity contribution in [2.24, 2.45) is 0 Å². The molecule has 0 fully saturated rings. The van der Waals surface area contributed by atoms with Crippen molar-refractivity contribution < 1.29 is 4.79 Å². The molecule has 0 aliphatic rings. The minimum absolute atomic E-state index is 0.262. The number of carbonyl (C=O) groups excluding carboxylic acids is 1. The molecule has 0 bridgehead atoms. The van der Waals surface area contributed by atoms with Crippen LogP contribution in [-0.4, -0.2) is 11.0 Å². The lowest BCUT2D eigenvalue weighted by Gasteiger charge is -2.12. The first-order valence-corrected chi connectivity index (χ1v) is 7.51. The molecule has 0 spiro atoms. The zero-order valence-corrected chi connectivity index (χ0v) is 13.8. The lowest BCUT2D eigenvalue weighted by Crippen LogP contribution is -2.43. The topological polar surface area (TPSA) is 53.2 Å². The smallest absolute Gasteiger partial charge is 0.270 e. The van der Waals surface area contributed by atoms with Crippen LogP contribution >= 0.6 is 39.7 Å². The van der Waals surface area contributed by atoms with Gasteiger partial charge in [-0.1, -0.05) is 29.8 Å². The number of amides is 1. The number of carbonyl (C=O) groups is 1. The maximum atomic E-state index is 12.0. The number of anilines is 1. The minimum Gasteiger partial charge on any atom is -0.331 e. The van der Waals surface area contributed by atoms with Gasteiger partial charge in [-0.05, 0) is 58.5 Å². The maximum absolute atomic E-state index is 12.0. The van der Waals surface area contributed by atoms with Crippen molar-refractivity contribution in [3.8, 4) is 0 Å². The van der Waals surface area contributed by atoms with Gasteiger partial charge >= 0.3 is 0 Å². The van der Waals surface area contributed by atoms with Crippen molar-refractivity contribution in [3.63, 3.8) is 0 Å². The number of nitrogens with one attached hydrogen (secondary N) is 3. The van der Waals surface area contributed by atoms with Crippen LogP contribution in [0.4, 0.5) is 5.69 Å². The van der Waals surface area contributed by atoms with Gasteiger partial charge in [0.05, 0.1) is 5.56 Å². The molecule has 0 unspecified atom stereocenters. The van der Waals surface area contributed by atoms with Gasteiger partial charge in [0.2, 0.25) is 0 Å². The van der Waals surface area contributed by atoms with Crippen molar-refractivity contribution in [2.75, 3.05) is 5.32 Å². The molecule has 2 aromatic rings. The van der Waals surface area contributed by atoms with Crippen molar-refractivity contribution in [3.05, 3.63) is 63.6 Å². The summed E-state index contributed by atoms with van der Waals surface area (Å²) in [7, 11) is 0. The van der Waals surface area contributed by atoms with E-state index in [2.05, 4.69) is 32.1 Å². The first-order chi connectivity index (χ1) is 10.1. The molecule has 1 amide bonds. The van der Waals surface area contributed by atoms with Crippen molar-refractivity contribution in [1.82, 2.24) is 10.9 Å². The summed E-state index contributed by atoms with van der Waals surface area (Å²) in [6.45, 7) is 0. The molecule has 4 nitrogen and oxygen atoms in total. The summed E-state index contributed by atoms with van der Waals surface area (Å²) >= 11 is 14.3. The zero-order valence-electron chi connectivity index (χ0n) is 10.7. The molecule has 7 heteroatoms. The molecule has 21 heavy (non-hydrogen) atoms. The fourth-order valence-corrected chi connectivity index (χ4v) is 2.38. The van der Waals surface area contributed by atoms with Gasteiger partial charge in [0.1, 0.15) is 0 Å². The molecule has 0 aliphatic carbocycles. The second-order valence-corrected chi connectivity index (χ2v) is 5.72. The SMILES string of the molecule is O=C(NNC(=S)Nc1cccc(Cl)c1)c1ccccc1Br. The number of thiocarbonyl (C=S) groups is 1. The number of rotatable bonds is 2. The fraction of sp³-hybridized carbons (Fsp3) is 0. The molecule has 0 heterocycles. The van der Waals surface area contributed by atoms with Gasteiger partial charge in [0.15, 0.2) is 5.11 Å². The molecule has 0 atom stereocenters. The predicted octanol–water partition coefficient (Wildman–Crippen LogP) is 3.73. The standard InChI is InChI=1S/C14H11BrClN3OS/c15-12-7-2-1-6-11(12)13(20)18-19-14(21)17-10-5-3-4-9(16)8-10/h1-8H,(H,18,20)(H2,17,19,21). The number of hydrogen-bond acceptors (Lipinski definition) is 2. The fourth-order valence-electron chi connectivity index (χ4n) is 1.55. The summed E-state index contributed by atoms with van der Waals surface area (Å²) in [5, 5.41) is 3.77. The van der Waals surface area contributed by atoms with Crippen LogP contribution in [-0.2, 0) is 0 Å². The Morgan fingerprint density at radius 1 is 1.10 bits per heavy atom. The van der Waals surface area contributed by atoms with Gasteiger partial charge in [-0.2, -0.15) is 0 Å². The highest BCUT2D eigenvalue weighted by atomic mass is 79.9. The van der Waals surface area contributed by atoms with Gasteiger partial charge in [0, 0.05) is 15.2 Å². The van der Waals surface area contributed by atoms with E-state index in [1.807, 2.05) is 12.1 Å². The molecule has 2 rings (SSSR count). The van der Waals surface area contributed by atoms with E-state index in [1.165, 1.54) is 0 Å². The van der Waals surface area contributed by atoms with Gasteiger partial charge in [0.25, 0.3) is 5.91 Å². The summed E-state index contributed by atoms with van der Waals surface area (Å²) < 4.78 is 0.706. The molecule has 0 aromatic heterocycles. The molecule has 2 aromatic carbocycles. The number of benzene rings is 2. The zero-order chi connectivity index (χ0) is 15.2. The molecule has 108 valence electrons. The van der Waals surface area contributed by atoms with E-state index in [1.54, 1.807) is 36.4 Å². The average Bonchev–Trinajstić information content (AvgIpc) is 2.45. The predicted molar refractivity (Wildman–Crippen MR) is 92.4 cm³/mol. The van der Waals surface area contributed by atoms with Crippen molar-refractivity contribution >= 4 is 56.5 Å². The molecule has 3 N–H and O–H groups in total. The number of hydrazine groups is 1. The molecule has 0 aliphatic heterocycles. The molecule has 0 radical (unpaired) electrons. The van der Waals surface area contributed by atoms with Crippen molar-refractivity contribution in [1.29, 1.82) is 0 Å². The summed E-state index contributed by atoms with van der Waals surface area (Å²) in [6.07, 6.45) is 0. The van der Waals surface area contributed by atoms with Gasteiger partial charge in [-0.15, -0.1) is 0 Å². The van der Waals surface area contributed by atoms with Crippen LogP contribution in [0.1, 0.15) is 10.4 Å². The summed E-state index contributed by atoms with van der Waals surface area (Å²) in [5.74, 6) is -0.294. The highest BCUT2D eigenvalue weighted by Gasteiger charge is 2.09. The van der Waals surface area contributed by atoms with E-state index >= 15 is 0 Å². The lowest BCUT2D eigenvalue weighted by molar-refractivity contribution is 0.0943. The van der Waals surface area contributed by atoms with Crippen LogP contribution < -0.4 is 16.2 Å². The number of hydrogen-bond donors (Lipinski definition) is 3. The Bertz CT molecular complexity index is 681. The van der Waals surface area contributed by atoms with E-state index in [0.717, 1.165) is 5.69 Å². The third-order valence-corrected chi connectivity index (χ3v) is 3.62. The largest absolute Gasteiger partial charge is 0.331 e.